The van der Waals surface area contributed by atoms with Crippen molar-refractivity contribution in [2.75, 3.05) is 13.1 Å². The molecule has 1 saturated heterocycles. The molecular weight excluding hydrogens is 240 g/mol. The number of aryl methyl sites for hydroxylation is 2. The average Bonchev–Trinajstić information content (AvgIpc) is 2.87. The summed E-state index contributed by atoms with van der Waals surface area (Å²) in [5.74, 6) is 0.720. The van der Waals surface area contributed by atoms with Crippen molar-refractivity contribution in [2.45, 2.75) is 37.9 Å². The van der Waals surface area contributed by atoms with Crippen LogP contribution in [0.4, 0.5) is 0 Å². The number of imidazole rings is 1. The predicted molar refractivity (Wildman–Crippen MR) is 64.2 cm³/mol. The molecule has 17 heavy (non-hydrogen) atoms. The number of nitrogens with one attached hydrogen (secondary N) is 2. The van der Waals surface area contributed by atoms with Gasteiger partial charge in [0.25, 0.3) is 10.0 Å². The van der Waals surface area contributed by atoms with Crippen LogP contribution in [0.5, 0.6) is 0 Å². The van der Waals surface area contributed by atoms with E-state index in [-0.39, 0.29) is 11.1 Å². The van der Waals surface area contributed by atoms with Gasteiger partial charge in [-0.15, -0.1) is 0 Å². The van der Waals surface area contributed by atoms with Crippen molar-refractivity contribution in [3.8, 4) is 0 Å². The molecule has 2 N–H and O–H groups in total. The first-order valence-electron chi connectivity index (χ1n) is 5.79. The molecule has 2 heterocycles. The first-order valence-corrected chi connectivity index (χ1v) is 7.28. The Morgan fingerprint density at radius 2 is 2.41 bits per heavy atom. The summed E-state index contributed by atoms with van der Waals surface area (Å²) in [7, 11) is -3.48. The Morgan fingerprint density at radius 3 is 2.94 bits per heavy atom. The summed E-state index contributed by atoms with van der Waals surface area (Å²) < 4.78 is 28.6. The largest absolute Gasteiger partial charge is 0.334 e. The van der Waals surface area contributed by atoms with E-state index < -0.39 is 10.0 Å². The van der Waals surface area contributed by atoms with Gasteiger partial charge in [0.05, 0.1) is 0 Å². The maximum absolute atomic E-state index is 12.1. The third kappa shape index (κ3) is 2.67. The topological polar surface area (TPSA) is 76.0 Å². The lowest BCUT2D eigenvalue weighted by Gasteiger charge is -2.09. The lowest BCUT2D eigenvalue weighted by molar-refractivity contribution is 0.557. The van der Waals surface area contributed by atoms with Crippen LogP contribution >= 0.6 is 0 Å². The van der Waals surface area contributed by atoms with Gasteiger partial charge in [-0.3, -0.25) is 0 Å². The molecule has 1 aromatic rings. The zero-order valence-electron chi connectivity index (χ0n) is 10.1. The van der Waals surface area contributed by atoms with E-state index in [1.807, 2.05) is 11.5 Å². The van der Waals surface area contributed by atoms with Crippen LogP contribution in [0.25, 0.3) is 0 Å². The molecule has 0 saturated carbocycles. The number of aromatic nitrogens is 2. The summed E-state index contributed by atoms with van der Waals surface area (Å²) in [4.78, 5) is 4.09. The summed E-state index contributed by atoms with van der Waals surface area (Å²) in [6, 6.07) is -0.0212. The standard InChI is InChI=1S/C10H18N4O2S/c1-3-14-7-10(12-8(14)2)17(15,16)13-9-4-5-11-6-9/h7,9,11,13H,3-6H2,1-2H3. The smallest absolute Gasteiger partial charge is 0.259 e. The van der Waals surface area contributed by atoms with Gasteiger partial charge in [-0.05, 0) is 26.8 Å². The Kier molecular flexibility index (Phi) is 3.50. The van der Waals surface area contributed by atoms with Crippen LogP contribution in [-0.4, -0.2) is 37.1 Å². The predicted octanol–water partition coefficient (Wildman–Crippen LogP) is -0.148. The average molecular weight is 258 g/mol. The van der Waals surface area contributed by atoms with Crippen molar-refractivity contribution in [1.29, 1.82) is 0 Å². The Hall–Kier alpha value is -0.920. The number of hydrogen-bond acceptors (Lipinski definition) is 4. The van der Waals surface area contributed by atoms with E-state index in [9.17, 15) is 8.42 Å². The molecule has 96 valence electrons. The minimum Gasteiger partial charge on any atom is -0.334 e. The fourth-order valence-electron chi connectivity index (χ4n) is 1.96. The van der Waals surface area contributed by atoms with Crippen molar-refractivity contribution in [3.05, 3.63) is 12.0 Å². The minimum absolute atomic E-state index is 0.0212. The fourth-order valence-corrected chi connectivity index (χ4v) is 3.24. The molecule has 0 amide bonds. The van der Waals surface area contributed by atoms with E-state index in [2.05, 4.69) is 15.0 Å². The van der Waals surface area contributed by atoms with E-state index in [1.54, 1.807) is 13.1 Å². The summed E-state index contributed by atoms with van der Waals surface area (Å²) in [6.07, 6.45) is 2.41. The molecule has 0 aromatic carbocycles. The van der Waals surface area contributed by atoms with Crippen molar-refractivity contribution in [1.82, 2.24) is 19.6 Å². The third-order valence-corrected chi connectivity index (χ3v) is 4.34. The minimum atomic E-state index is -3.48. The van der Waals surface area contributed by atoms with Crippen LogP contribution in [0.3, 0.4) is 0 Å². The maximum atomic E-state index is 12.1. The zero-order chi connectivity index (χ0) is 12.5. The zero-order valence-corrected chi connectivity index (χ0v) is 10.9. The Bertz CT molecular complexity index is 488. The highest BCUT2D eigenvalue weighted by Crippen LogP contribution is 2.11. The normalized spacial score (nSPS) is 20.9. The van der Waals surface area contributed by atoms with Crippen LogP contribution in [0.2, 0.25) is 0 Å². The summed E-state index contributed by atoms with van der Waals surface area (Å²) >= 11 is 0. The van der Waals surface area contributed by atoms with Gasteiger partial charge < -0.3 is 9.88 Å². The Morgan fingerprint density at radius 1 is 1.65 bits per heavy atom. The monoisotopic (exact) mass is 258 g/mol. The first-order chi connectivity index (χ1) is 8.03. The lowest BCUT2D eigenvalue weighted by Crippen LogP contribution is -2.36. The van der Waals surface area contributed by atoms with Gasteiger partial charge in [-0.2, -0.15) is 0 Å². The van der Waals surface area contributed by atoms with Gasteiger partial charge in [-0.25, -0.2) is 18.1 Å². The second kappa shape index (κ2) is 4.75. The van der Waals surface area contributed by atoms with Crippen LogP contribution in [0.1, 0.15) is 19.2 Å². The van der Waals surface area contributed by atoms with Crippen LogP contribution in [-0.2, 0) is 16.6 Å². The molecule has 0 spiro atoms. The highest BCUT2D eigenvalue weighted by atomic mass is 32.2. The molecule has 0 aliphatic carbocycles. The molecule has 1 aromatic heterocycles. The molecular formula is C10H18N4O2S. The quantitative estimate of drug-likeness (QED) is 0.787. The van der Waals surface area contributed by atoms with Gasteiger partial charge in [0, 0.05) is 25.3 Å². The van der Waals surface area contributed by atoms with Crippen LogP contribution in [0.15, 0.2) is 11.2 Å². The van der Waals surface area contributed by atoms with E-state index >= 15 is 0 Å². The van der Waals surface area contributed by atoms with Gasteiger partial charge in [0.1, 0.15) is 5.82 Å². The van der Waals surface area contributed by atoms with Crippen molar-refractivity contribution in [3.63, 3.8) is 0 Å². The SMILES string of the molecule is CCn1cc(S(=O)(=O)NC2CCNC2)nc1C. The molecule has 1 fully saturated rings. The third-order valence-electron chi connectivity index (χ3n) is 2.95. The van der Waals surface area contributed by atoms with Gasteiger partial charge in [0.15, 0.2) is 5.03 Å². The molecule has 1 aliphatic rings. The molecule has 2 rings (SSSR count). The highest BCUT2D eigenvalue weighted by molar-refractivity contribution is 7.89. The van der Waals surface area contributed by atoms with E-state index in [4.69, 9.17) is 0 Å². The Labute approximate surface area is 101 Å². The molecule has 1 aliphatic heterocycles. The summed E-state index contributed by atoms with van der Waals surface area (Å²) in [6.45, 7) is 6.03. The first kappa shape index (κ1) is 12.5. The van der Waals surface area contributed by atoms with Crippen LogP contribution in [0, 0.1) is 6.92 Å². The van der Waals surface area contributed by atoms with Crippen LogP contribution < -0.4 is 10.0 Å². The number of hydrogen-bond donors (Lipinski definition) is 2. The molecule has 6 nitrogen and oxygen atoms in total. The number of sulfonamides is 1. The summed E-state index contributed by atoms with van der Waals surface area (Å²) in [5.41, 5.74) is 0. The summed E-state index contributed by atoms with van der Waals surface area (Å²) in [5, 5.41) is 3.24. The lowest BCUT2D eigenvalue weighted by atomic mass is 10.3. The fraction of sp³-hybridized carbons (Fsp3) is 0.700. The van der Waals surface area contributed by atoms with Crippen molar-refractivity contribution >= 4 is 10.0 Å². The van der Waals surface area contributed by atoms with Crippen molar-refractivity contribution < 1.29 is 8.42 Å². The van der Waals surface area contributed by atoms with Gasteiger partial charge in [-0.1, -0.05) is 0 Å². The molecule has 0 radical (unpaired) electrons. The second-order valence-corrected chi connectivity index (χ2v) is 5.88. The van der Waals surface area contributed by atoms with E-state index in [0.29, 0.717) is 6.54 Å². The molecule has 1 unspecified atom stereocenters. The second-order valence-electron chi connectivity index (χ2n) is 4.22. The van der Waals surface area contributed by atoms with Gasteiger partial charge in [0.2, 0.25) is 0 Å². The number of rotatable bonds is 4. The van der Waals surface area contributed by atoms with Crippen molar-refractivity contribution in [2.24, 2.45) is 0 Å². The highest BCUT2D eigenvalue weighted by Gasteiger charge is 2.24. The number of nitrogens with zero attached hydrogens (tertiary/aromatic N) is 2. The molecule has 0 bridgehead atoms. The Balaban J connectivity index is 2.18. The maximum Gasteiger partial charge on any atom is 0.259 e. The van der Waals surface area contributed by atoms with E-state index in [0.717, 1.165) is 25.3 Å². The molecule has 7 heteroatoms. The van der Waals surface area contributed by atoms with E-state index in [1.165, 1.54) is 0 Å². The van der Waals surface area contributed by atoms with Gasteiger partial charge >= 0.3 is 0 Å². The molecule has 1 atom stereocenters.